The van der Waals surface area contributed by atoms with Crippen LogP contribution < -0.4 is 4.90 Å². The standard InChI is InChI=1S/C46H29NOS/c1-2-16-34-30(12-1)13-10-20-35(34)31-14-9-15-32(28-31)36-17-3-6-22-41(36)47(33-26-27-38-37-18-4-7-24-43(37)48-44(38)29-33)42-23-11-21-40-39-19-5-8-25-45(39)49-46(40)42/h1-29H. The maximum atomic E-state index is 6.44. The second-order valence-corrected chi connectivity index (χ2v) is 13.5. The third kappa shape index (κ3) is 4.55. The largest absolute Gasteiger partial charge is 0.456 e. The zero-order chi connectivity index (χ0) is 32.3. The van der Waals surface area contributed by atoms with E-state index in [1.807, 2.05) is 23.5 Å². The molecule has 8 aromatic carbocycles. The Morgan fingerprint density at radius 2 is 1.04 bits per heavy atom. The predicted molar refractivity (Wildman–Crippen MR) is 210 cm³/mol. The number of nitrogens with zero attached hydrogens (tertiary/aromatic N) is 1. The molecular weight excluding hydrogens is 615 g/mol. The highest BCUT2D eigenvalue weighted by molar-refractivity contribution is 7.26. The number of rotatable bonds is 5. The van der Waals surface area contributed by atoms with Gasteiger partial charge in [-0.2, -0.15) is 0 Å². The van der Waals surface area contributed by atoms with Crippen molar-refractivity contribution in [2.75, 3.05) is 4.90 Å². The van der Waals surface area contributed by atoms with Crippen LogP contribution in [-0.4, -0.2) is 0 Å². The quantitative estimate of drug-likeness (QED) is 0.186. The summed E-state index contributed by atoms with van der Waals surface area (Å²) in [5.41, 5.74) is 9.84. The summed E-state index contributed by atoms with van der Waals surface area (Å²) >= 11 is 1.85. The summed E-state index contributed by atoms with van der Waals surface area (Å²) in [6, 6.07) is 63.3. The number of thiophene rings is 1. The number of hydrogen-bond donors (Lipinski definition) is 0. The second-order valence-electron chi connectivity index (χ2n) is 12.5. The smallest absolute Gasteiger partial charge is 0.137 e. The maximum absolute atomic E-state index is 6.44. The van der Waals surface area contributed by atoms with Crippen LogP contribution in [0.1, 0.15) is 0 Å². The van der Waals surface area contributed by atoms with Crippen molar-refractivity contribution in [1.29, 1.82) is 0 Å². The molecule has 0 atom stereocenters. The average Bonchev–Trinajstić information content (AvgIpc) is 3.74. The molecule has 0 aliphatic rings. The number of fused-ring (bicyclic) bond motifs is 7. The van der Waals surface area contributed by atoms with E-state index in [2.05, 4.69) is 169 Å². The van der Waals surface area contributed by atoms with E-state index in [0.717, 1.165) is 44.6 Å². The highest BCUT2D eigenvalue weighted by Crippen LogP contribution is 2.48. The number of furan rings is 1. The normalized spacial score (nSPS) is 11.7. The first kappa shape index (κ1) is 27.9. The summed E-state index contributed by atoms with van der Waals surface area (Å²) in [5, 5.41) is 7.31. The fraction of sp³-hybridized carbons (Fsp3) is 0. The van der Waals surface area contributed by atoms with Crippen molar-refractivity contribution in [3.8, 4) is 22.3 Å². The van der Waals surface area contributed by atoms with E-state index in [4.69, 9.17) is 4.42 Å². The first-order valence-electron chi connectivity index (χ1n) is 16.6. The Bertz CT molecular complexity index is 2850. The molecular formula is C46H29NOS. The Morgan fingerprint density at radius 3 is 1.98 bits per heavy atom. The summed E-state index contributed by atoms with van der Waals surface area (Å²) in [6.07, 6.45) is 0. The highest BCUT2D eigenvalue weighted by Gasteiger charge is 2.22. The van der Waals surface area contributed by atoms with Gasteiger partial charge in [0.25, 0.3) is 0 Å². The molecule has 0 saturated carbocycles. The lowest BCUT2D eigenvalue weighted by Gasteiger charge is -2.28. The van der Waals surface area contributed by atoms with Gasteiger partial charge in [-0.15, -0.1) is 11.3 Å². The van der Waals surface area contributed by atoms with Gasteiger partial charge < -0.3 is 9.32 Å². The minimum Gasteiger partial charge on any atom is -0.456 e. The molecule has 10 rings (SSSR count). The number of benzene rings is 8. The summed E-state index contributed by atoms with van der Waals surface area (Å²) in [5.74, 6) is 0. The van der Waals surface area contributed by atoms with Crippen LogP contribution in [-0.2, 0) is 0 Å². The Hall–Kier alpha value is -6.16. The zero-order valence-electron chi connectivity index (χ0n) is 26.5. The molecule has 3 heteroatoms. The van der Waals surface area contributed by atoms with Gasteiger partial charge in [0.2, 0.25) is 0 Å². The van der Waals surface area contributed by atoms with Gasteiger partial charge in [0.1, 0.15) is 11.2 Å². The van der Waals surface area contributed by atoms with Gasteiger partial charge in [-0.3, -0.25) is 0 Å². The van der Waals surface area contributed by atoms with Gasteiger partial charge in [0.05, 0.1) is 16.1 Å². The van der Waals surface area contributed by atoms with Crippen molar-refractivity contribution in [2.24, 2.45) is 0 Å². The van der Waals surface area contributed by atoms with Gasteiger partial charge in [0.15, 0.2) is 0 Å². The van der Waals surface area contributed by atoms with E-state index < -0.39 is 0 Å². The lowest BCUT2D eigenvalue weighted by molar-refractivity contribution is 0.669. The summed E-state index contributed by atoms with van der Waals surface area (Å²) in [7, 11) is 0. The van der Waals surface area contributed by atoms with E-state index in [1.165, 1.54) is 47.6 Å². The van der Waals surface area contributed by atoms with Crippen LogP contribution in [0.4, 0.5) is 17.1 Å². The molecule has 0 amide bonds. The Morgan fingerprint density at radius 1 is 0.408 bits per heavy atom. The molecule has 0 N–H and O–H groups in total. The maximum Gasteiger partial charge on any atom is 0.137 e. The molecule has 0 unspecified atom stereocenters. The SMILES string of the molecule is c1cc(-c2ccccc2N(c2ccc3c(c2)oc2ccccc23)c2cccc3c2sc2ccccc23)cc(-c2cccc3ccccc23)c1. The molecule has 10 aromatic rings. The van der Waals surface area contributed by atoms with E-state index in [1.54, 1.807) is 0 Å². The van der Waals surface area contributed by atoms with E-state index in [-0.39, 0.29) is 0 Å². The average molecular weight is 644 g/mol. The Balaban J connectivity index is 1.21. The molecule has 0 spiro atoms. The third-order valence-electron chi connectivity index (χ3n) is 9.66. The van der Waals surface area contributed by atoms with Crippen LogP contribution in [0.2, 0.25) is 0 Å². The van der Waals surface area contributed by atoms with Crippen molar-refractivity contribution >= 4 is 81.3 Å². The monoisotopic (exact) mass is 643 g/mol. The van der Waals surface area contributed by atoms with Crippen LogP contribution in [0, 0.1) is 0 Å². The molecule has 0 saturated heterocycles. The Kier molecular flexibility index (Phi) is 6.39. The van der Waals surface area contributed by atoms with Gasteiger partial charge in [-0.1, -0.05) is 127 Å². The minimum absolute atomic E-state index is 0.877. The molecule has 0 bridgehead atoms. The van der Waals surface area contributed by atoms with E-state index in [9.17, 15) is 0 Å². The molecule has 0 fully saturated rings. The molecule has 2 nitrogen and oxygen atoms in total. The van der Waals surface area contributed by atoms with E-state index >= 15 is 0 Å². The van der Waals surface area contributed by atoms with Gasteiger partial charge in [-0.05, 0) is 69.9 Å². The first-order valence-corrected chi connectivity index (χ1v) is 17.4. The predicted octanol–water partition coefficient (Wildman–Crippen LogP) is 13.9. The number of para-hydroxylation sites is 2. The van der Waals surface area contributed by atoms with Gasteiger partial charge in [-0.25, -0.2) is 0 Å². The highest BCUT2D eigenvalue weighted by atomic mass is 32.1. The molecule has 49 heavy (non-hydrogen) atoms. The summed E-state index contributed by atoms with van der Waals surface area (Å²) in [4.78, 5) is 2.42. The Labute approximate surface area is 287 Å². The fourth-order valence-electron chi connectivity index (χ4n) is 7.41. The van der Waals surface area contributed by atoms with Crippen LogP contribution in [0.3, 0.4) is 0 Å². The first-order chi connectivity index (χ1) is 24.3. The fourth-order valence-corrected chi connectivity index (χ4v) is 8.62. The topological polar surface area (TPSA) is 16.4 Å². The van der Waals surface area contributed by atoms with Crippen LogP contribution in [0.5, 0.6) is 0 Å². The third-order valence-corrected chi connectivity index (χ3v) is 10.9. The van der Waals surface area contributed by atoms with Gasteiger partial charge in [0, 0.05) is 43.6 Å². The molecule has 0 aliphatic heterocycles. The minimum atomic E-state index is 0.877. The number of anilines is 3. The van der Waals surface area contributed by atoms with Crippen molar-refractivity contribution in [2.45, 2.75) is 0 Å². The zero-order valence-corrected chi connectivity index (χ0v) is 27.3. The number of hydrogen-bond acceptors (Lipinski definition) is 3. The molecule has 0 radical (unpaired) electrons. The lowest BCUT2D eigenvalue weighted by Crippen LogP contribution is -2.11. The lowest BCUT2D eigenvalue weighted by atomic mass is 9.94. The molecule has 0 aliphatic carbocycles. The van der Waals surface area contributed by atoms with Crippen molar-refractivity contribution < 1.29 is 4.42 Å². The van der Waals surface area contributed by atoms with E-state index in [0.29, 0.717) is 0 Å². The van der Waals surface area contributed by atoms with Crippen molar-refractivity contribution in [3.63, 3.8) is 0 Å². The van der Waals surface area contributed by atoms with Gasteiger partial charge >= 0.3 is 0 Å². The molecule has 2 aromatic heterocycles. The van der Waals surface area contributed by atoms with Crippen molar-refractivity contribution in [1.82, 2.24) is 0 Å². The summed E-state index contributed by atoms with van der Waals surface area (Å²) in [6.45, 7) is 0. The summed E-state index contributed by atoms with van der Waals surface area (Å²) < 4.78 is 8.98. The van der Waals surface area contributed by atoms with Crippen LogP contribution in [0.15, 0.2) is 180 Å². The molecule has 2 heterocycles. The van der Waals surface area contributed by atoms with Crippen LogP contribution >= 0.6 is 11.3 Å². The van der Waals surface area contributed by atoms with Crippen LogP contribution in [0.25, 0.3) is 75.1 Å². The van der Waals surface area contributed by atoms with Crippen molar-refractivity contribution in [3.05, 3.63) is 176 Å². The second kappa shape index (κ2) is 11.2. The molecule has 230 valence electrons.